The number of carbonyl (C=O) groups excluding carboxylic acids is 2. The zero-order valence-corrected chi connectivity index (χ0v) is 16.5. The molecule has 0 aliphatic carbocycles. The predicted octanol–water partition coefficient (Wildman–Crippen LogP) is 5.87. The van der Waals surface area contributed by atoms with E-state index in [-0.39, 0.29) is 0 Å². The first kappa shape index (κ1) is 19.4. The molecule has 0 aliphatic rings. The molecule has 0 saturated carbocycles. The summed E-state index contributed by atoms with van der Waals surface area (Å²) in [6.07, 6.45) is 0. The number of anilines is 1. The third-order valence-electron chi connectivity index (χ3n) is 3.84. The minimum absolute atomic E-state index is 0.429. The van der Waals surface area contributed by atoms with E-state index in [0.29, 0.717) is 22.5 Å². The minimum Gasteiger partial charge on any atom is -0.338 e. The van der Waals surface area contributed by atoms with Crippen LogP contribution in [0.5, 0.6) is 0 Å². The Morgan fingerprint density at radius 2 is 1.61 bits per heavy atom. The van der Waals surface area contributed by atoms with Crippen molar-refractivity contribution in [2.45, 2.75) is 6.92 Å². The van der Waals surface area contributed by atoms with Gasteiger partial charge in [0.2, 0.25) is 0 Å². The summed E-state index contributed by atoms with van der Waals surface area (Å²) >= 11 is 3.31. The van der Waals surface area contributed by atoms with Gasteiger partial charge >= 0.3 is 5.97 Å². The smallest absolute Gasteiger partial charge is 0.338 e. The number of aryl methyl sites for hydroxylation is 1. The first-order valence-electron chi connectivity index (χ1n) is 8.37. The normalized spacial score (nSPS) is 10.6. The van der Waals surface area contributed by atoms with Gasteiger partial charge in [0.05, 0.1) is 16.9 Å². The molecule has 3 aromatic rings. The van der Waals surface area contributed by atoms with Gasteiger partial charge in [-0.2, -0.15) is 0 Å². The predicted molar refractivity (Wildman–Crippen MR) is 110 cm³/mol. The molecular weight excluding hydrogens is 422 g/mol. The highest BCUT2D eigenvalue weighted by molar-refractivity contribution is 9.10. The molecular formula is C21H16BrN3O3. The molecule has 0 spiro atoms. The van der Waals surface area contributed by atoms with E-state index in [1.165, 1.54) is 0 Å². The van der Waals surface area contributed by atoms with Crippen molar-refractivity contribution in [2.24, 2.45) is 10.2 Å². The van der Waals surface area contributed by atoms with Crippen LogP contribution in [0.1, 0.15) is 26.3 Å². The number of nitrogens with one attached hydrogen (secondary N) is 1. The summed E-state index contributed by atoms with van der Waals surface area (Å²) in [4.78, 5) is 29.2. The van der Waals surface area contributed by atoms with Crippen LogP contribution >= 0.6 is 15.9 Å². The fourth-order valence-electron chi connectivity index (χ4n) is 2.31. The third kappa shape index (κ3) is 5.11. The number of benzene rings is 3. The van der Waals surface area contributed by atoms with Crippen LogP contribution in [0.25, 0.3) is 0 Å². The van der Waals surface area contributed by atoms with Gasteiger partial charge in [0.15, 0.2) is 0 Å². The van der Waals surface area contributed by atoms with Crippen LogP contribution in [0, 0.1) is 6.92 Å². The summed E-state index contributed by atoms with van der Waals surface area (Å²) < 4.78 is 0.882. The number of hydrogen-bond acceptors (Lipinski definition) is 5. The van der Waals surface area contributed by atoms with Crippen LogP contribution in [0.2, 0.25) is 0 Å². The molecule has 1 amide bonds. The molecule has 0 aromatic heterocycles. The lowest BCUT2D eigenvalue weighted by Gasteiger charge is -2.08. The molecule has 0 unspecified atom stereocenters. The highest BCUT2D eigenvalue weighted by atomic mass is 79.9. The number of halogens is 1. The topological polar surface area (TPSA) is 80.1 Å². The third-order valence-corrected chi connectivity index (χ3v) is 4.37. The molecule has 0 atom stereocenters. The second-order valence-corrected chi connectivity index (χ2v) is 6.78. The standard InChI is InChI=1S/C21H16BrN3O3/c1-14-4-2-3-5-19(14)21(27)28-25-18-12-10-17(11-13-18)23-24-20(26)15-6-8-16(22)9-7-15/h2-13,25H,1H3. The van der Waals surface area contributed by atoms with E-state index in [9.17, 15) is 9.59 Å². The second-order valence-electron chi connectivity index (χ2n) is 5.87. The first-order valence-corrected chi connectivity index (χ1v) is 9.17. The number of hydrogen-bond donors (Lipinski definition) is 1. The van der Waals surface area contributed by atoms with Crippen molar-refractivity contribution in [3.63, 3.8) is 0 Å². The minimum atomic E-state index is -0.470. The van der Waals surface area contributed by atoms with E-state index in [2.05, 4.69) is 31.6 Å². The van der Waals surface area contributed by atoms with Crippen molar-refractivity contribution in [3.8, 4) is 0 Å². The maximum Gasteiger partial charge on any atom is 0.363 e. The molecule has 0 saturated heterocycles. The summed E-state index contributed by atoms with van der Waals surface area (Å²) in [5.74, 6) is -0.899. The Hall–Kier alpha value is -3.32. The molecule has 28 heavy (non-hydrogen) atoms. The molecule has 1 N–H and O–H groups in total. The molecule has 7 heteroatoms. The van der Waals surface area contributed by atoms with Crippen LogP contribution in [-0.4, -0.2) is 11.9 Å². The van der Waals surface area contributed by atoms with E-state index >= 15 is 0 Å². The molecule has 0 heterocycles. The zero-order valence-electron chi connectivity index (χ0n) is 14.9. The van der Waals surface area contributed by atoms with Crippen LogP contribution in [-0.2, 0) is 4.84 Å². The Balaban J connectivity index is 1.57. The van der Waals surface area contributed by atoms with E-state index in [4.69, 9.17) is 4.84 Å². The molecule has 140 valence electrons. The van der Waals surface area contributed by atoms with Gasteiger partial charge in [-0.1, -0.05) is 34.1 Å². The van der Waals surface area contributed by atoms with Gasteiger partial charge in [0.1, 0.15) is 0 Å². The van der Waals surface area contributed by atoms with E-state index < -0.39 is 11.9 Å². The Morgan fingerprint density at radius 1 is 0.929 bits per heavy atom. The van der Waals surface area contributed by atoms with Gasteiger partial charge in [0.25, 0.3) is 5.91 Å². The van der Waals surface area contributed by atoms with Crippen molar-refractivity contribution in [3.05, 3.63) is 94.0 Å². The Morgan fingerprint density at radius 3 is 2.29 bits per heavy atom. The SMILES string of the molecule is Cc1ccccc1C(=O)ONc1ccc(N=NC(=O)c2ccc(Br)cc2)cc1. The van der Waals surface area contributed by atoms with Crippen LogP contribution < -0.4 is 5.48 Å². The quantitative estimate of drug-likeness (QED) is 0.399. The lowest BCUT2D eigenvalue weighted by molar-refractivity contribution is 0.0595. The summed E-state index contributed by atoms with van der Waals surface area (Å²) in [5.41, 5.74) is 5.45. The van der Waals surface area contributed by atoms with Gasteiger partial charge in [-0.05, 0) is 67.1 Å². The first-order chi connectivity index (χ1) is 13.5. The summed E-state index contributed by atoms with van der Waals surface area (Å²) in [5, 5.41) is 7.64. The molecule has 3 rings (SSSR count). The van der Waals surface area contributed by atoms with E-state index in [1.54, 1.807) is 60.7 Å². The molecule has 0 aliphatic heterocycles. The average Bonchev–Trinajstić information content (AvgIpc) is 2.72. The van der Waals surface area contributed by atoms with E-state index in [1.807, 2.05) is 19.1 Å². The Labute approximate surface area is 170 Å². The zero-order chi connectivity index (χ0) is 19.9. The fraction of sp³-hybridized carbons (Fsp3) is 0.0476. The summed E-state index contributed by atoms with van der Waals surface area (Å²) in [6.45, 7) is 1.84. The molecule has 0 bridgehead atoms. The van der Waals surface area contributed by atoms with Crippen molar-refractivity contribution < 1.29 is 14.4 Å². The molecule has 0 radical (unpaired) electrons. The fourth-order valence-corrected chi connectivity index (χ4v) is 2.58. The maximum atomic E-state index is 12.1. The number of rotatable bonds is 5. The highest BCUT2D eigenvalue weighted by Crippen LogP contribution is 2.18. The van der Waals surface area contributed by atoms with Crippen LogP contribution in [0.15, 0.2) is 87.5 Å². The Kier molecular flexibility index (Phi) is 6.29. The average molecular weight is 438 g/mol. The summed E-state index contributed by atoms with van der Waals surface area (Å²) in [7, 11) is 0. The van der Waals surface area contributed by atoms with Crippen molar-refractivity contribution in [2.75, 3.05) is 5.48 Å². The van der Waals surface area contributed by atoms with Crippen LogP contribution in [0.4, 0.5) is 11.4 Å². The number of amides is 1. The monoisotopic (exact) mass is 437 g/mol. The van der Waals surface area contributed by atoms with Gasteiger partial charge in [-0.25, -0.2) is 10.3 Å². The lowest BCUT2D eigenvalue weighted by Crippen LogP contribution is -2.11. The van der Waals surface area contributed by atoms with Crippen molar-refractivity contribution in [1.82, 2.24) is 0 Å². The summed E-state index contributed by atoms with van der Waals surface area (Å²) in [6, 6.07) is 20.7. The Bertz CT molecular complexity index is 1020. The second kappa shape index (κ2) is 9.05. The lowest BCUT2D eigenvalue weighted by atomic mass is 10.1. The number of carbonyl (C=O) groups is 2. The van der Waals surface area contributed by atoms with Crippen molar-refractivity contribution >= 4 is 39.2 Å². The van der Waals surface area contributed by atoms with Gasteiger partial charge in [-0.15, -0.1) is 10.2 Å². The highest BCUT2D eigenvalue weighted by Gasteiger charge is 2.10. The van der Waals surface area contributed by atoms with Gasteiger partial charge < -0.3 is 4.84 Å². The molecule has 3 aromatic carbocycles. The van der Waals surface area contributed by atoms with E-state index in [0.717, 1.165) is 10.0 Å². The van der Waals surface area contributed by atoms with Crippen LogP contribution in [0.3, 0.4) is 0 Å². The van der Waals surface area contributed by atoms with Gasteiger partial charge in [0, 0.05) is 10.0 Å². The van der Waals surface area contributed by atoms with Crippen molar-refractivity contribution in [1.29, 1.82) is 0 Å². The number of azo groups is 1. The molecule has 0 fully saturated rings. The largest absolute Gasteiger partial charge is 0.363 e. The molecule has 6 nitrogen and oxygen atoms in total. The number of nitrogens with zero attached hydrogens (tertiary/aromatic N) is 2. The maximum absolute atomic E-state index is 12.1. The van der Waals surface area contributed by atoms with Gasteiger partial charge in [-0.3, -0.25) is 4.79 Å².